The average molecular weight is 456 g/mol. The van der Waals surface area contributed by atoms with Crippen LogP contribution >= 0.6 is 0 Å². The number of carbonyl (C=O) groups excluding carboxylic acids is 1. The van der Waals surface area contributed by atoms with E-state index in [4.69, 9.17) is 0 Å². The number of aromatic nitrogens is 2. The van der Waals surface area contributed by atoms with Crippen molar-refractivity contribution >= 4 is 23.0 Å². The summed E-state index contributed by atoms with van der Waals surface area (Å²) in [5.74, 6) is -1.42. The predicted octanol–water partition coefficient (Wildman–Crippen LogP) is 3.06. The average Bonchev–Trinajstić information content (AvgIpc) is 3.08. The van der Waals surface area contributed by atoms with Crippen LogP contribution in [0.3, 0.4) is 0 Å². The molecule has 0 radical (unpaired) electrons. The number of aliphatic hydroxyl groups is 1. The third-order valence-electron chi connectivity index (χ3n) is 5.49. The largest absolute Gasteiger partial charge is 0.465 e. The molecule has 0 saturated carbocycles. The normalized spacial score (nSPS) is 19.5. The van der Waals surface area contributed by atoms with E-state index in [1.54, 1.807) is 18.2 Å². The van der Waals surface area contributed by atoms with Gasteiger partial charge in [-0.15, -0.1) is 0 Å². The van der Waals surface area contributed by atoms with Gasteiger partial charge in [0.1, 0.15) is 6.54 Å². The number of aliphatic hydroxyl groups excluding tert-OH is 1. The zero-order valence-electron chi connectivity index (χ0n) is 17.9. The molecule has 32 heavy (non-hydrogen) atoms. The van der Waals surface area contributed by atoms with E-state index in [1.807, 2.05) is 13.8 Å². The third-order valence-corrected chi connectivity index (χ3v) is 5.49. The summed E-state index contributed by atoms with van der Waals surface area (Å²) in [4.78, 5) is 31.9. The molecular formula is C21H27F3N4O4. The first kappa shape index (κ1) is 23.8. The highest BCUT2D eigenvalue weighted by Gasteiger charge is 2.38. The molecule has 0 spiro atoms. The molecule has 2 amide bonds. The molecular weight excluding hydrogens is 429 g/mol. The molecule has 1 fully saturated rings. The number of alkyl halides is 3. The number of halogens is 3. The SMILES string of the molecule is CC(C)CN(C(=O)c1nc2ccccc2n1CC(F)(F)F)[C@H]1C[C@@H](CO)CN(C(=O)O)C1. The monoisotopic (exact) mass is 456 g/mol. The maximum absolute atomic E-state index is 13.6. The van der Waals surface area contributed by atoms with Crippen LogP contribution in [0.5, 0.6) is 0 Å². The van der Waals surface area contributed by atoms with Crippen molar-refractivity contribution in [2.75, 3.05) is 26.2 Å². The number of rotatable bonds is 6. The maximum Gasteiger partial charge on any atom is 0.407 e. The zero-order valence-corrected chi connectivity index (χ0v) is 17.9. The molecule has 3 rings (SSSR count). The second-order valence-corrected chi connectivity index (χ2v) is 8.60. The van der Waals surface area contributed by atoms with Crippen LogP contribution in [0.1, 0.15) is 30.9 Å². The van der Waals surface area contributed by atoms with Crippen molar-refractivity contribution in [3.05, 3.63) is 30.1 Å². The van der Waals surface area contributed by atoms with E-state index in [1.165, 1.54) is 11.0 Å². The molecule has 1 aromatic heterocycles. The number of hydrogen-bond donors (Lipinski definition) is 2. The van der Waals surface area contributed by atoms with E-state index in [9.17, 15) is 33.0 Å². The highest BCUT2D eigenvalue weighted by Crippen LogP contribution is 2.27. The minimum atomic E-state index is -4.56. The molecule has 176 valence electrons. The maximum atomic E-state index is 13.6. The Morgan fingerprint density at radius 1 is 1.25 bits per heavy atom. The quantitative estimate of drug-likeness (QED) is 0.696. The van der Waals surface area contributed by atoms with Crippen LogP contribution in [-0.2, 0) is 6.54 Å². The summed E-state index contributed by atoms with van der Waals surface area (Å²) in [7, 11) is 0. The number of nitrogens with zero attached hydrogens (tertiary/aromatic N) is 4. The minimum absolute atomic E-state index is 0.0177. The number of piperidine rings is 1. The summed E-state index contributed by atoms with van der Waals surface area (Å²) in [6.07, 6.45) is -5.39. The van der Waals surface area contributed by atoms with Crippen molar-refractivity contribution in [2.24, 2.45) is 11.8 Å². The standard InChI is InChI=1S/C21H27F3N4O4/c1-13(2)8-27(15-7-14(11-29)9-26(10-15)20(31)32)19(30)18-25-16-5-3-4-6-17(16)28(18)12-21(22,23)24/h3-6,13-15,29H,7-12H2,1-2H3,(H,31,32)/t14-,15+/m1/s1. The fourth-order valence-electron chi connectivity index (χ4n) is 4.19. The number of amides is 2. The first-order chi connectivity index (χ1) is 15.0. The van der Waals surface area contributed by atoms with E-state index < -0.39 is 30.8 Å². The third kappa shape index (κ3) is 5.32. The number of benzene rings is 1. The predicted molar refractivity (Wildman–Crippen MR) is 110 cm³/mol. The molecule has 2 atom stereocenters. The van der Waals surface area contributed by atoms with Gasteiger partial charge in [-0.25, -0.2) is 9.78 Å². The van der Waals surface area contributed by atoms with Gasteiger partial charge >= 0.3 is 12.3 Å². The lowest BCUT2D eigenvalue weighted by atomic mass is 9.93. The Morgan fingerprint density at radius 2 is 1.94 bits per heavy atom. The number of carboxylic acid groups (broad SMARTS) is 1. The molecule has 2 N–H and O–H groups in total. The summed E-state index contributed by atoms with van der Waals surface area (Å²) >= 11 is 0. The van der Waals surface area contributed by atoms with Gasteiger partial charge in [0.05, 0.1) is 17.1 Å². The number of hydrogen-bond acceptors (Lipinski definition) is 4. The van der Waals surface area contributed by atoms with Crippen molar-refractivity contribution in [3.63, 3.8) is 0 Å². The topological polar surface area (TPSA) is 98.9 Å². The van der Waals surface area contributed by atoms with E-state index in [0.29, 0.717) is 6.42 Å². The van der Waals surface area contributed by atoms with Gasteiger partial charge in [0.25, 0.3) is 5.91 Å². The van der Waals surface area contributed by atoms with Crippen molar-refractivity contribution in [1.29, 1.82) is 0 Å². The Balaban J connectivity index is 2.03. The highest BCUT2D eigenvalue weighted by molar-refractivity contribution is 5.95. The summed E-state index contributed by atoms with van der Waals surface area (Å²) < 4.78 is 40.8. The summed E-state index contributed by atoms with van der Waals surface area (Å²) in [6.45, 7) is 2.47. The van der Waals surface area contributed by atoms with Crippen LogP contribution in [0.4, 0.5) is 18.0 Å². The minimum Gasteiger partial charge on any atom is -0.465 e. The molecule has 1 aliphatic rings. The van der Waals surface area contributed by atoms with Crippen molar-refractivity contribution in [3.8, 4) is 0 Å². The van der Waals surface area contributed by atoms with Crippen LogP contribution in [0.2, 0.25) is 0 Å². The highest BCUT2D eigenvalue weighted by atomic mass is 19.4. The first-order valence-corrected chi connectivity index (χ1v) is 10.4. The number of carbonyl (C=O) groups is 2. The Kier molecular flexibility index (Phi) is 6.97. The Labute approximate surface area is 183 Å². The summed E-state index contributed by atoms with van der Waals surface area (Å²) in [5, 5.41) is 19.1. The molecule has 8 nitrogen and oxygen atoms in total. The van der Waals surface area contributed by atoms with E-state index in [2.05, 4.69) is 4.98 Å². The molecule has 1 saturated heterocycles. The van der Waals surface area contributed by atoms with Crippen LogP contribution < -0.4 is 0 Å². The number of imidazole rings is 1. The smallest absolute Gasteiger partial charge is 0.407 e. The van der Waals surface area contributed by atoms with Crippen LogP contribution in [0, 0.1) is 11.8 Å². The molecule has 0 aliphatic carbocycles. The fourth-order valence-corrected chi connectivity index (χ4v) is 4.19. The lowest BCUT2D eigenvalue weighted by Gasteiger charge is -2.41. The Hall–Kier alpha value is -2.82. The number of para-hydroxylation sites is 2. The van der Waals surface area contributed by atoms with Gasteiger partial charge in [0, 0.05) is 32.2 Å². The van der Waals surface area contributed by atoms with E-state index >= 15 is 0 Å². The van der Waals surface area contributed by atoms with Crippen molar-refractivity contribution < 1.29 is 33.0 Å². The van der Waals surface area contributed by atoms with Gasteiger partial charge in [0.2, 0.25) is 5.82 Å². The molecule has 11 heteroatoms. The number of likely N-dealkylation sites (tertiary alicyclic amines) is 1. The summed E-state index contributed by atoms with van der Waals surface area (Å²) in [5.41, 5.74) is 0.468. The second kappa shape index (κ2) is 9.35. The zero-order chi connectivity index (χ0) is 23.6. The van der Waals surface area contributed by atoms with Crippen molar-refractivity contribution in [2.45, 2.75) is 39.0 Å². The summed E-state index contributed by atoms with van der Waals surface area (Å²) in [6, 6.07) is 5.64. The number of fused-ring (bicyclic) bond motifs is 1. The first-order valence-electron chi connectivity index (χ1n) is 10.4. The molecule has 2 aromatic rings. The van der Waals surface area contributed by atoms with Gasteiger partial charge in [-0.2, -0.15) is 13.2 Å². The molecule has 1 aliphatic heterocycles. The lowest BCUT2D eigenvalue weighted by molar-refractivity contribution is -0.140. The van der Waals surface area contributed by atoms with Crippen LogP contribution in [0.25, 0.3) is 11.0 Å². The van der Waals surface area contributed by atoms with Gasteiger partial charge in [0.15, 0.2) is 0 Å². The van der Waals surface area contributed by atoms with Crippen molar-refractivity contribution in [1.82, 2.24) is 19.4 Å². The van der Waals surface area contributed by atoms with Crippen LogP contribution in [0.15, 0.2) is 24.3 Å². The van der Waals surface area contributed by atoms with Gasteiger partial charge < -0.3 is 24.6 Å². The molecule has 1 aromatic carbocycles. The lowest BCUT2D eigenvalue weighted by Crippen LogP contribution is -2.55. The Bertz CT molecular complexity index is 976. The molecule has 2 heterocycles. The molecule has 0 unspecified atom stereocenters. The van der Waals surface area contributed by atoms with E-state index in [0.717, 1.165) is 9.47 Å². The van der Waals surface area contributed by atoms with Gasteiger partial charge in [-0.05, 0) is 24.5 Å². The van der Waals surface area contributed by atoms with E-state index in [-0.39, 0.29) is 54.9 Å². The van der Waals surface area contributed by atoms with Gasteiger partial charge in [-0.1, -0.05) is 26.0 Å². The molecule has 0 bridgehead atoms. The van der Waals surface area contributed by atoms with Crippen LogP contribution in [-0.4, -0.2) is 80.0 Å². The fraction of sp³-hybridized carbons (Fsp3) is 0.571. The second-order valence-electron chi connectivity index (χ2n) is 8.60. The van der Waals surface area contributed by atoms with Gasteiger partial charge in [-0.3, -0.25) is 4.79 Å². The Morgan fingerprint density at radius 3 is 2.53 bits per heavy atom.